The standard InChI is InChI=1S/C10H20N2OS/c1-10(2,11-3)9(13)12-8-4-6-14-7-5-8/h8,11H,4-7H2,1-3H3,(H,12,13). The van der Waals surface area contributed by atoms with Crippen molar-refractivity contribution in [3.63, 3.8) is 0 Å². The third kappa shape index (κ3) is 3.17. The van der Waals surface area contributed by atoms with Crippen LogP contribution in [0.15, 0.2) is 0 Å². The maximum absolute atomic E-state index is 11.8. The van der Waals surface area contributed by atoms with Crippen LogP contribution in [0.2, 0.25) is 0 Å². The molecule has 2 N–H and O–H groups in total. The first-order chi connectivity index (χ1) is 6.56. The molecule has 0 unspecified atom stereocenters. The monoisotopic (exact) mass is 216 g/mol. The van der Waals surface area contributed by atoms with E-state index in [9.17, 15) is 4.79 Å². The topological polar surface area (TPSA) is 41.1 Å². The van der Waals surface area contributed by atoms with Crippen molar-refractivity contribution in [1.82, 2.24) is 10.6 Å². The van der Waals surface area contributed by atoms with Crippen LogP contribution in [0.25, 0.3) is 0 Å². The van der Waals surface area contributed by atoms with Gasteiger partial charge in [-0.2, -0.15) is 11.8 Å². The number of thioether (sulfide) groups is 1. The second-order valence-corrected chi connectivity index (χ2v) is 5.46. The Hall–Kier alpha value is -0.220. The Morgan fingerprint density at radius 1 is 1.36 bits per heavy atom. The lowest BCUT2D eigenvalue weighted by atomic mass is 10.0. The highest BCUT2D eigenvalue weighted by atomic mass is 32.2. The Morgan fingerprint density at radius 2 is 1.93 bits per heavy atom. The fourth-order valence-electron chi connectivity index (χ4n) is 1.32. The van der Waals surface area contributed by atoms with E-state index in [0.29, 0.717) is 6.04 Å². The van der Waals surface area contributed by atoms with Crippen LogP contribution in [-0.4, -0.2) is 36.0 Å². The van der Waals surface area contributed by atoms with Gasteiger partial charge in [-0.1, -0.05) is 0 Å². The number of likely N-dealkylation sites (N-methyl/N-ethyl adjacent to an activating group) is 1. The molecule has 1 aliphatic rings. The van der Waals surface area contributed by atoms with Gasteiger partial charge in [0.2, 0.25) is 5.91 Å². The van der Waals surface area contributed by atoms with Gasteiger partial charge in [-0.15, -0.1) is 0 Å². The minimum Gasteiger partial charge on any atom is -0.352 e. The second kappa shape index (κ2) is 5.03. The molecule has 1 rings (SSSR count). The number of nitrogens with one attached hydrogen (secondary N) is 2. The molecule has 0 aliphatic carbocycles. The lowest BCUT2D eigenvalue weighted by Crippen LogP contribution is -2.54. The van der Waals surface area contributed by atoms with E-state index in [2.05, 4.69) is 10.6 Å². The zero-order chi connectivity index (χ0) is 10.6. The van der Waals surface area contributed by atoms with Crippen molar-refractivity contribution in [2.75, 3.05) is 18.6 Å². The first kappa shape index (κ1) is 11.9. The molecule has 0 radical (unpaired) electrons. The summed E-state index contributed by atoms with van der Waals surface area (Å²) in [6.07, 6.45) is 2.21. The molecule has 1 aliphatic heterocycles. The molecule has 0 spiro atoms. The smallest absolute Gasteiger partial charge is 0.239 e. The van der Waals surface area contributed by atoms with Crippen molar-refractivity contribution in [2.45, 2.75) is 38.3 Å². The van der Waals surface area contributed by atoms with Gasteiger partial charge in [0, 0.05) is 6.04 Å². The molecule has 0 saturated carbocycles. The highest BCUT2D eigenvalue weighted by Crippen LogP contribution is 2.17. The van der Waals surface area contributed by atoms with Crippen LogP contribution in [0.5, 0.6) is 0 Å². The van der Waals surface area contributed by atoms with Crippen LogP contribution in [0, 0.1) is 0 Å². The largest absolute Gasteiger partial charge is 0.352 e. The fourth-order valence-corrected chi connectivity index (χ4v) is 2.43. The molecule has 0 aromatic heterocycles. The Labute approximate surface area is 90.4 Å². The molecule has 14 heavy (non-hydrogen) atoms. The molecule has 0 atom stereocenters. The minimum absolute atomic E-state index is 0.108. The van der Waals surface area contributed by atoms with Crippen molar-refractivity contribution < 1.29 is 4.79 Å². The zero-order valence-electron chi connectivity index (χ0n) is 9.22. The summed E-state index contributed by atoms with van der Waals surface area (Å²) in [5.41, 5.74) is -0.454. The van der Waals surface area contributed by atoms with Crippen LogP contribution in [0.4, 0.5) is 0 Å². The second-order valence-electron chi connectivity index (χ2n) is 4.24. The normalized spacial score (nSPS) is 19.4. The van der Waals surface area contributed by atoms with E-state index in [1.807, 2.05) is 32.7 Å². The number of hydrogen-bond acceptors (Lipinski definition) is 3. The Bertz CT molecular complexity index is 200. The first-order valence-electron chi connectivity index (χ1n) is 5.14. The number of carbonyl (C=O) groups is 1. The van der Waals surface area contributed by atoms with E-state index in [4.69, 9.17) is 0 Å². The predicted octanol–water partition coefficient (Wildman–Crippen LogP) is 0.996. The molecule has 0 aromatic rings. The van der Waals surface area contributed by atoms with E-state index in [1.165, 1.54) is 11.5 Å². The van der Waals surface area contributed by atoms with Crippen LogP contribution >= 0.6 is 11.8 Å². The van der Waals surface area contributed by atoms with Crippen molar-refractivity contribution in [2.24, 2.45) is 0 Å². The molecule has 4 heteroatoms. The van der Waals surface area contributed by atoms with E-state index in [-0.39, 0.29) is 5.91 Å². The molecule has 0 aromatic carbocycles. The summed E-state index contributed by atoms with van der Waals surface area (Å²) in [4.78, 5) is 11.8. The SMILES string of the molecule is CNC(C)(C)C(=O)NC1CCSCC1. The summed E-state index contributed by atoms with van der Waals surface area (Å²) in [5, 5.41) is 6.11. The molecular weight excluding hydrogens is 196 g/mol. The van der Waals surface area contributed by atoms with Gasteiger partial charge in [-0.05, 0) is 45.2 Å². The van der Waals surface area contributed by atoms with Gasteiger partial charge in [0.05, 0.1) is 5.54 Å². The van der Waals surface area contributed by atoms with Gasteiger partial charge in [0.25, 0.3) is 0 Å². The summed E-state index contributed by atoms with van der Waals surface area (Å²) >= 11 is 1.97. The first-order valence-corrected chi connectivity index (χ1v) is 6.29. The molecule has 1 amide bonds. The summed E-state index contributed by atoms with van der Waals surface area (Å²) in [5.74, 6) is 2.45. The Morgan fingerprint density at radius 3 is 2.43 bits per heavy atom. The van der Waals surface area contributed by atoms with Gasteiger partial charge in [0.15, 0.2) is 0 Å². The van der Waals surface area contributed by atoms with Gasteiger partial charge >= 0.3 is 0 Å². The maximum Gasteiger partial charge on any atom is 0.239 e. The van der Waals surface area contributed by atoms with Crippen LogP contribution < -0.4 is 10.6 Å². The quantitative estimate of drug-likeness (QED) is 0.739. The summed E-state index contributed by atoms with van der Waals surface area (Å²) in [6.45, 7) is 3.81. The number of amides is 1. The van der Waals surface area contributed by atoms with Gasteiger partial charge < -0.3 is 10.6 Å². The van der Waals surface area contributed by atoms with E-state index >= 15 is 0 Å². The van der Waals surface area contributed by atoms with E-state index in [1.54, 1.807) is 0 Å². The summed E-state index contributed by atoms with van der Waals surface area (Å²) < 4.78 is 0. The lowest BCUT2D eigenvalue weighted by Gasteiger charge is -2.28. The molecule has 0 bridgehead atoms. The van der Waals surface area contributed by atoms with Crippen molar-refractivity contribution in [3.05, 3.63) is 0 Å². The maximum atomic E-state index is 11.8. The average molecular weight is 216 g/mol. The Kier molecular flexibility index (Phi) is 4.26. The fraction of sp³-hybridized carbons (Fsp3) is 0.900. The van der Waals surface area contributed by atoms with Crippen LogP contribution in [0.3, 0.4) is 0 Å². The molecule has 1 saturated heterocycles. The summed E-state index contributed by atoms with van der Waals surface area (Å²) in [7, 11) is 1.82. The van der Waals surface area contributed by atoms with Gasteiger partial charge in [-0.3, -0.25) is 4.79 Å². The van der Waals surface area contributed by atoms with Crippen molar-refractivity contribution in [3.8, 4) is 0 Å². The van der Waals surface area contributed by atoms with E-state index < -0.39 is 5.54 Å². The molecule has 82 valence electrons. The zero-order valence-corrected chi connectivity index (χ0v) is 10.0. The van der Waals surface area contributed by atoms with Crippen LogP contribution in [-0.2, 0) is 4.79 Å². The molecule has 1 heterocycles. The van der Waals surface area contributed by atoms with E-state index in [0.717, 1.165) is 12.8 Å². The summed E-state index contributed by atoms with van der Waals surface area (Å²) in [6, 6.07) is 0.386. The van der Waals surface area contributed by atoms with Crippen molar-refractivity contribution in [1.29, 1.82) is 0 Å². The van der Waals surface area contributed by atoms with Gasteiger partial charge in [-0.25, -0.2) is 0 Å². The number of rotatable bonds is 3. The highest BCUT2D eigenvalue weighted by molar-refractivity contribution is 7.99. The third-order valence-electron chi connectivity index (χ3n) is 2.75. The predicted molar refractivity (Wildman–Crippen MR) is 61.6 cm³/mol. The Balaban J connectivity index is 2.39. The highest BCUT2D eigenvalue weighted by Gasteiger charge is 2.27. The minimum atomic E-state index is -0.454. The number of carbonyl (C=O) groups excluding carboxylic acids is 1. The average Bonchev–Trinajstić information content (AvgIpc) is 2.19. The molecular formula is C10H20N2OS. The third-order valence-corrected chi connectivity index (χ3v) is 3.80. The van der Waals surface area contributed by atoms with Crippen molar-refractivity contribution >= 4 is 17.7 Å². The van der Waals surface area contributed by atoms with Gasteiger partial charge in [0.1, 0.15) is 0 Å². The lowest BCUT2D eigenvalue weighted by molar-refractivity contribution is -0.127. The molecule has 3 nitrogen and oxygen atoms in total. The van der Waals surface area contributed by atoms with Crippen LogP contribution in [0.1, 0.15) is 26.7 Å². The number of hydrogen-bond donors (Lipinski definition) is 2. The molecule has 1 fully saturated rings.